The largest absolute Gasteiger partial charge is 0.493 e. The van der Waals surface area contributed by atoms with E-state index in [1.54, 1.807) is 25.1 Å². The Morgan fingerprint density at radius 2 is 1.69 bits per heavy atom. The van der Waals surface area contributed by atoms with Gasteiger partial charge in [-0.25, -0.2) is 13.2 Å². The number of sulfone groups is 1. The van der Waals surface area contributed by atoms with Crippen LogP contribution in [0.1, 0.15) is 6.92 Å². The Labute approximate surface area is 185 Å². The van der Waals surface area contributed by atoms with Crippen molar-refractivity contribution in [2.24, 2.45) is 0 Å². The average molecular weight is 468 g/mol. The van der Waals surface area contributed by atoms with Crippen molar-refractivity contribution < 1.29 is 36.6 Å². The lowest BCUT2D eigenvalue weighted by molar-refractivity contribution is -0.130. The molecule has 3 rings (SSSR count). The van der Waals surface area contributed by atoms with Crippen LogP contribution in [-0.4, -0.2) is 93.2 Å². The van der Waals surface area contributed by atoms with Crippen molar-refractivity contribution in [3.05, 3.63) is 18.2 Å². The smallest absolute Gasteiger partial charge is 0.409 e. The average Bonchev–Trinajstić information content (AvgIpc) is 3.30. The van der Waals surface area contributed by atoms with Crippen molar-refractivity contribution in [2.45, 2.75) is 12.1 Å². The number of rotatable bonds is 7. The summed E-state index contributed by atoms with van der Waals surface area (Å²) in [5.41, 5.74) is 0.429. The number of piperazine rings is 1. The zero-order valence-corrected chi connectivity index (χ0v) is 18.8. The minimum Gasteiger partial charge on any atom is -0.493 e. The second-order valence-corrected chi connectivity index (χ2v) is 8.64. The van der Waals surface area contributed by atoms with Crippen LogP contribution in [0.2, 0.25) is 0 Å². The number of carbonyl (C=O) groups is 2. The number of methoxy groups -OCH3 is 2. The number of amides is 2. The van der Waals surface area contributed by atoms with Gasteiger partial charge in [0.05, 0.1) is 20.8 Å². The molecule has 2 heterocycles. The standard InChI is InChI=1S/C19H24N4O8S/c1-4-30-19(25)23-9-7-22(8-10-23)16(24)12-32(26,27)18-21-20-17(31-18)13-5-6-14(28-2)15(11-13)29-3/h5-6,11H,4,7-10,12H2,1-3H3. The summed E-state index contributed by atoms with van der Waals surface area (Å²) in [6.07, 6.45) is -0.458. The van der Waals surface area contributed by atoms with E-state index in [2.05, 4.69) is 10.2 Å². The molecule has 32 heavy (non-hydrogen) atoms. The van der Waals surface area contributed by atoms with Crippen molar-refractivity contribution in [3.8, 4) is 23.0 Å². The second-order valence-electron chi connectivity index (χ2n) is 6.77. The molecule has 0 atom stereocenters. The van der Waals surface area contributed by atoms with Gasteiger partial charge in [0.2, 0.25) is 21.6 Å². The molecule has 1 aromatic carbocycles. The molecule has 2 aromatic rings. The summed E-state index contributed by atoms with van der Waals surface area (Å²) in [7, 11) is -1.21. The van der Waals surface area contributed by atoms with Crippen molar-refractivity contribution in [2.75, 3.05) is 52.8 Å². The van der Waals surface area contributed by atoms with Gasteiger partial charge in [-0.1, -0.05) is 5.10 Å². The van der Waals surface area contributed by atoms with Crippen LogP contribution in [0.15, 0.2) is 27.8 Å². The van der Waals surface area contributed by atoms with Crippen LogP contribution in [0.5, 0.6) is 11.5 Å². The molecule has 0 saturated carbocycles. The lowest BCUT2D eigenvalue weighted by Gasteiger charge is -2.33. The Morgan fingerprint density at radius 3 is 2.31 bits per heavy atom. The van der Waals surface area contributed by atoms with Crippen molar-refractivity contribution >= 4 is 21.8 Å². The summed E-state index contributed by atoms with van der Waals surface area (Å²) in [5, 5.41) is 6.72. The predicted molar refractivity (Wildman–Crippen MR) is 110 cm³/mol. The summed E-state index contributed by atoms with van der Waals surface area (Å²) in [5.74, 6) is -0.582. The van der Waals surface area contributed by atoms with Gasteiger partial charge in [-0.15, -0.1) is 5.10 Å². The molecule has 0 radical (unpaired) electrons. The van der Waals surface area contributed by atoms with E-state index in [0.717, 1.165) is 0 Å². The molecule has 0 bridgehead atoms. The van der Waals surface area contributed by atoms with Crippen LogP contribution < -0.4 is 9.47 Å². The summed E-state index contributed by atoms with van der Waals surface area (Å²) in [4.78, 5) is 27.1. The van der Waals surface area contributed by atoms with Crippen LogP contribution in [0.3, 0.4) is 0 Å². The first-order valence-corrected chi connectivity index (χ1v) is 11.4. The lowest BCUT2D eigenvalue weighted by atomic mass is 10.2. The summed E-state index contributed by atoms with van der Waals surface area (Å²) in [6.45, 7) is 2.88. The molecule has 1 aliphatic heterocycles. The topological polar surface area (TPSA) is 141 Å². The number of hydrogen-bond donors (Lipinski definition) is 0. The summed E-state index contributed by atoms with van der Waals surface area (Å²) < 4.78 is 45.9. The fourth-order valence-corrected chi connectivity index (χ4v) is 4.09. The quantitative estimate of drug-likeness (QED) is 0.573. The third-order valence-corrected chi connectivity index (χ3v) is 6.10. The molecule has 1 saturated heterocycles. The minimum absolute atomic E-state index is 0.0416. The number of hydrogen-bond acceptors (Lipinski definition) is 10. The molecular formula is C19H24N4O8S. The minimum atomic E-state index is -4.16. The van der Waals surface area contributed by atoms with Gasteiger partial charge in [0.15, 0.2) is 11.5 Å². The molecule has 1 aromatic heterocycles. The highest BCUT2D eigenvalue weighted by Gasteiger charge is 2.31. The molecule has 12 nitrogen and oxygen atoms in total. The fourth-order valence-electron chi connectivity index (χ4n) is 3.09. The van der Waals surface area contributed by atoms with Gasteiger partial charge in [-0.2, -0.15) is 0 Å². The van der Waals surface area contributed by atoms with E-state index in [9.17, 15) is 18.0 Å². The maximum atomic E-state index is 12.6. The number of nitrogens with zero attached hydrogens (tertiary/aromatic N) is 4. The van der Waals surface area contributed by atoms with Gasteiger partial charge >= 0.3 is 11.3 Å². The first-order valence-electron chi connectivity index (χ1n) is 9.77. The molecule has 1 aliphatic rings. The van der Waals surface area contributed by atoms with Gasteiger partial charge in [0.25, 0.3) is 0 Å². The highest BCUT2D eigenvalue weighted by molar-refractivity contribution is 7.91. The third-order valence-electron chi connectivity index (χ3n) is 4.77. The molecule has 174 valence electrons. The van der Waals surface area contributed by atoms with Crippen LogP contribution in [-0.2, 0) is 19.4 Å². The molecule has 0 aliphatic carbocycles. The number of carbonyl (C=O) groups excluding carboxylic acids is 2. The Morgan fingerprint density at radius 1 is 1.03 bits per heavy atom. The molecule has 1 fully saturated rings. The van der Waals surface area contributed by atoms with Gasteiger partial charge in [-0.3, -0.25) is 4.79 Å². The Kier molecular flexibility index (Phi) is 7.18. The van der Waals surface area contributed by atoms with E-state index in [4.69, 9.17) is 18.6 Å². The number of benzene rings is 1. The zero-order chi connectivity index (χ0) is 23.3. The van der Waals surface area contributed by atoms with Crippen LogP contribution in [0.25, 0.3) is 11.5 Å². The van der Waals surface area contributed by atoms with Gasteiger partial charge in [0.1, 0.15) is 5.75 Å². The van der Waals surface area contributed by atoms with E-state index in [1.807, 2.05) is 0 Å². The van der Waals surface area contributed by atoms with E-state index in [1.165, 1.54) is 24.0 Å². The van der Waals surface area contributed by atoms with E-state index < -0.39 is 32.8 Å². The highest BCUT2D eigenvalue weighted by atomic mass is 32.2. The maximum absolute atomic E-state index is 12.6. The Balaban J connectivity index is 1.66. The third kappa shape index (κ3) is 5.10. The van der Waals surface area contributed by atoms with E-state index in [-0.39, 0.29) is 38.7 Å². The molecule has 2 amide bonds. The summed E-state index contributed by atoms with van der Waals surface area (Å²) in [6, 6.07) is 4.79. The Bertz CT molecular complexity index is 1080. The highest BCUT2D eigenvalue weighted by Crippen LogP contribution is 2.32. The first kappa shape index (κ1) is 23.3. The maximum Gasteiger partial charge on any atom is 0.409 e. The second kappa shape index (κ2) is 9.85. The van der Waals surface area contributed by atoms with Gasteiger partial charge < -0.3 is 28.4 Å². The van der Waals surface area contributed by atoms with Crippen molar-refractivity contribution in [1.82, 2.24) is 20.0 Å². The van der Waals surface area contributed by atoms with Crippen LogP contribution >= 0.6 is 0 Å². The predicted octanol–water partition coefficient (Wildman–Crippen LogP) is 0.828. The van der Waals surface area contributed by atoms with Crippen LogP contribution in [0, 0.1) is 0 Å². The number of ether oxygens (including phenoxy) is 3. The Hall–Kier alpha value is -3.35. The zero-order valence-electron chi connectivity index (χ0n) is 17.9. The normalized spacial score (nSPS) is 14.2. The number of aromatic nitrogens is 2. The lowest BCUT2D eigenvalue weighted by Crippen LogP contribution is -2.51. The monoisotopic (exact) mass is 468 g/mol. The molecule has 13 heteroatoms. The fraction of sp³-hybridized carbons (Fsp3) is 0.474. The first-order chi connectivity index (χ1) is 15.3. The SMILES string of the molecule is CCOC(=O)N1CCN(C(=O)CS(=O)(=O)c2nnc(-c3ccc(OC)c(OC)c3)o2)CC1. The molecular weight excluding hydrogens is 444 g/mol. The van der Waals surface area contributed by atoms with E-state index >= 15 is 0 Å². The molecule has 0 unspecified atom stereocenters. The van der Waals surface area contributed by atoms with Crippen molar-refractivity contribution in [1.29, 1.82) is 0 Å². The van der Waals surface area contributed by atoms with E-state index in [0.29, 0.717) is 17.1 Å². The van der Waals surface area contributed by atoms with Crippen molar-refractivity contribution in [3.63, 3.8) is 0 Å². The molecule has 0 N–H and O–H groups in total. The van der Waals surface area contributed by atoms with Gasteiger partial charge in [-0.05, 0) is 25.1 Å². The molecule has 0 spiro atoms. The van der Waals surface area contributed by atoms with Gasteiger partial charge in [0, 0.05) is 31.7 Å². The van der Waals surface area contributed by atoms with Crippen LogP contribution in [0.4, 0.5) is 4.79 Å². The summed E-state index contributed by atoms with van der Waals surface area (Å²) >= 11 is 0.